The third kappa shape index (κ3) is 4.39. The molecule has 0 amide bonds. The Morgan fingerprint density at radius 3 is 2.33 bits per heavy atom. The van der Waals surface area contributed by atoms with E-state index in [4.69, 9.17) is 10.2 Å². The van der Waals surface area contributed by atoms with Crippen molar-refractivity contribution in [3.63, 3.8) is 0 Å². The van der Waals surface area contributed by atoms with E-state index in [2.05, 4.69) is 5.32 Å². The number of hydrogen-bond acceptors (Lipinski definition) is 3. The molecule has 0 saturated heterocycles. The Balaban J connectivity index is 3.16. The zero-order chi connectivity index (χ0) is 7.28. The first-order chi connectivity index (χ1) is 4.18. The van der Waals surface area contributed by atoms with Gasteiger partial charge in [-0.25, -0.2) is 0 Å². The molecule has 0 bridgehead atoms. The standard InChI is InChI=1S/C6H15NO2/c1-3-4-7-6(9)5(2)8/h5-9H,3-4H2,1-2H3. The molecule has 0 saturated carbocycles. The Hall–Kier alpha value is -0.120. The van der Waals surface area contributed by atoms with E-state index < -0.39 is 12.3 Å². The van der Waals surface area contributed by atoms with Crippen molar-refractivity contribution >= 4 is 0 Å². The largest absolute Gasteiger partial charge is 0.389 e. The summed E-state index contributed by atoms with van der Waals surface area (Å²) in [6.45, 7) is 4.29. The molecule has 0 heterocycles. The zero-order valence-corrected chi connectivity index (χ0v) is 5.96. The van der Waals surface area contributed by atoms with E-state index in [1.165, 1.54) is 0 Å². The van der Waals surface area contributed by atoms with E-state index in [0.717, 1.165) is 13.0 Å². The molecule has 0 radical (unpaired) electrons. The first-order valence-electron chi connectivity index (χ1n) is 3.28. The van der Waals surface area contributed by atoms with Gasteiger partial charge >= 0.3 is 0 Å². The maximum atomic E-state index is 8.90. The fourth-order valence-corrected chi connectivity index (χ4v) is 0.463. The van der Waals surface area contributed by atoms with Gasteiger partial charge in [0.25, 0.3) is 0 Å². The van der Waals surface area contributed by atoms with Gasteiger partial charge in [-0.15, -0.1) is 0 Å². The molecule has 2 unspecified atom stereocenters. The Morgan fingerprint density at radius 1 is 1.44 bits per heavy atom. The van der Waals surface area contributed by atoms with Crippen LogP contribution >= 0.6 is 0 Å². The van der Waals surface area contributed by atoms with Crippen molar-refractivity contribution in [1.82, 2.24) is 5.32 Å². The highest BCUT2D eigenvalue weighted by Gasteiger charge is 2.07. The highest BCUT2D eigenvalue weighted by Crippen LogP contribution is 1.85. The molecule has 0 aromatic rings. The molecule has 0 aliphatic heterocycles. The van der Waals surface area contributed by atoms with Crippen molar-refractivity contribution < 1.29 is 10.2 Å². The molecule has 3 heteroatoms. The fourth-order valence-electron chi connectivity index (χ4n) is 0.463. The van der Waals surface area contributed by atoms with Crippen molar-refractivity contribution in [2.45, 2.75) is 32.6 Å². The summed E-state index contributed by atoms with van der Waals surface area (Å²) >= 11 is 0. The SMILES string of the molecule is CCCNC(O)C(C)O. The number of nitrogens with one attached hydrogen (secondary N) is 1. The molecule has 0 aliphatic rings. The van der Waals surface area contributed by atoms with Crippen molar-refractivity contribution in [1.29, 1.82) is 0 Å². The summed E-state index contributed by atoms with van der Waals surface area (Å²) in [6, 6.07) is 0. The summed E-state index contributed by atoms with van der Waals surface area (Å²) < 4.78 is 0. The monoisotopic (exact) mass is 133 g/mol. The van der Waals surface area contributed by atoms with Crippen LogP contribution in [0.2, 0.25) is 0 Å². The molecular weight excluding hydrogens is 118 g/mol. The Labute approximate surface area is 55.7 Å². The summed E-state index contributed by atoms with van der Waals surface area (Å²) in [4.78, 5) is 0. The molecule has 0 spiro atoms. The molecule has 9 heavy (non-hydrogen) atoms. The molecule has 0 aromatic heterocycles. The molecule has 3 nitrogen and oxygen atoms in total. The van der Waals surface area contributed by atoms with Gasteiger partial charge in [-0.05, 0) is 19.9 Å². The second-order valence-corrected chi connectivity index (χ2v) is 2.14. The third-order valence-electron chi connectivity index (χ3n) is 1.06. The van der Waals surface area contributed by atoms with Gasteiger partial charge in [0.1, 0.15) is 6.23 Å². The van der Waals surface area contributed by atoms with Crippen LogP contribution in [0.15, 0.2) is 0 Å². The molecule has 0 fully saturated rings. The first-order valence-corrected chi connectivity index (χ1v) is 3.28. The molecule has 2 atom stereocenters. The van der Waals surface area contributed by atoms with Crippen molar-refractivity contribution in [2.24, 2.45) is 0 Å². The molecule has 3 N–H and O–H groups in total. The van der Waals surface area contributed by atoms with E-state index >= 15 is 0 Å². The molecule has 0 rings (SSSR count). The van der Waals surface area contributed by atoms with Crippen LogP contribution in [0.4, 0.5) is 0 Å². The number of aliphatic hydroxyl groups is 2. The minimum absolute atomic E-state index is 0.684. The summed E-state index contributed by atoms with van der Waals surface area (Å²) in [6.07, 6.45) is -0.495. The van der Waals surface area contributed by atoms with Gasteiger partial charge in [0, 0.05) is 0 Å². The average Bonchev–Trinajstić information content (AvgIpc) is 1.82. The lowest BCUT2D eigenvalue weighted by Gasteiger charge is -2.13. The van der Waals surface area contributed by atoms with Crippen molar-refractivity contribution in [2.75, 3.05) is 6.54 Å². The summed E-state index contributed by atoms with van der Waals surface area (Å²) in [5, 5.41) is 20.4. The number of aliphatic hydroxyl groups excluding tert-OH is 2. The minimum Gasteiger partial charge on any atom is -0.389 e. The van der Waals surface area contributed by atoms with E-state index in [1.807, 2.05) is 6.92 Å². The van der Waals surface area contributed by atoms with Crippen LogP contribution in [-0.2, 0) is 0 Å². The Morgan fingerprint density at radius 2 is 2.00 bits per heavy atom. The van der Waals surface area contributed by atoms with Crippen LogP contribution in [0, 0.1) is 0 Å². The Bertz CT molecular complexity index is 66.1. The van der Waals surface area contributed by atoms with E-state index in [1.54, 1.807) is 6.92 Å². The van der Waals surface area contributed by atoms with E-state index in [9.17, 15) is 0 Å². The van der Waals surface area contributed by atoms with Crippen LogP contribution in [-0.4, -0.2) is 29.1 Å². The molecule has 0 aliphatic carbocycles. The summed E-state index contributed by atoms with van der Waals surface area (Å²) in [7, 11) is 0. The van der Waals surface area contributed by atoms with Gasteiger partial charge in [0.15, 0.2) is 0 Å². The minimum atomic E-state index is -0.773. The molecule has 56 valence electrons. The number of rotatable bonds is 4. The average molecular weight is 133 g/mol. The third-order valence-corrected chi connectivity index (χ3v) is 1.06. The van der Waals surface area contributed by atoms with Crippen LogP contribution < -0.4 is 5.32 Å². The second kappa shape index (κ2) is 4.73. The van der Waals surface area contributed by atoms with Gasteiger partial charge in [-0.1, -0.05) is 6.92 Å². The lowest BCUT2D eigenvalue weighted by molar-refractivity contribution is 0.00964. The van der Waals surface area contributed by atoms with Crippen LogP contribution in [0.3, 0.4) is 0 Å². The maximum absolute atomic E-state index is 8.90. The summed E-state index contributed by atoms with van der Waals surface area (Å²) in [5.41, 5.74) is 0. The fraction of sp³-hybridized carbons (Fsp3) is 1.00. The van der Waals surface area contributed by atoms with Gasteiger partial charge in [0.2, 0.25) is 0 Å². The first kappa shape index (κ1) is 8.88. The highest BCUT2D eigenvalue weighted by molar-refractivity contribution is 4.57. The maximum Gasteiger partial charge on any atom is 0.130 e. The van der Waals surface area contributed by atoms with Crippen molar-refractivity contribution in [3.05, 3.63) is 0 Å². The van der Waals surface area contributed by atoms with Gasteiger partial charge < -0.3 is 10.2 Å². The lowest BCUT2D eigenvalue weighted by Crippen LogP contribution is -2.38. The highest BCUT2D eigenvalue weighted by atomic mass is 16.3. The smallest absolute Gasteiger partial charge is 0.130 e. The Kier molecular flexibility index (Phi) is 4.67. The molecule has 0 aromatic carbocycles. The van der Waals surface area contributed by atoms with Crippen LogP contribution in [0.5, 0.6) is 0 Å². The second-order valence-electron chi connectivity index (χ2n) is 2.14. The lowest BCUT2D eigenvalue weighted by atomic mass is 10.3. The van der Waals surface area contributed by atoms with Gasteiger partial charge in [-0.3, -0.25) is 5.32 Å². The predicted octanol–water partition coefficient (Wildman–Crippen LogP) is -0.315. The van der Waals surface area contributed by atoms with Crippen LogP contribution in [0.1, 0.15) is 20.3 Å². The van der Waals surface area contributed by atoms with Crippen molar-refractivity contribution in [3.8, 4) is 0 Å². The van der Waals surface area contributed by atoms with E-state index in [0.29, 0.717) is 0 Å². The predicted molar refractivity (Wildman–Crippen MR) is 36.0 cm³/mol. The number of hydrogen-bond donors (Lipinski definition) is 3. The topological polar surface area (TPSA) is 52.5 Å². The van der Waals surface area contributed by atoms with E-state index in [-0.39, 0.29) is 0 Å². The normalized spacial score (nSPS) is 17.3. The molecular formula is C6H15NO2. The van der Waals surface area contributed by atoms with Crippen LogP contribution in [0.25, 0.3) is 0 Å². The summed E-state index contributed by atoms with van der Waals surface area (Å²) in [5.74, 6) is 0. The van der Waals surface area contributed by atoms with Gasteiger partial charge in [-0.2, -0.15) is 0 Å². The van der Waals surface area contributed by atoms with Gasteiger partial charge in [0.05, 0.1) is 6.10 Å². The quantitative estimate of drug-likeness (QED) is 0.461. The zero-order valence-electron chi connectivity index (χ0n) is 5.96.